The lowest BCUT2D eigenvalue weighted by Gasteiger charge is -2.21. The number of hydrogen-bond acceptors (Lipinski definition) is 3. The lowest BCUT2D eigenvalue weighted by Crippen LogP contribution is -2.51. The van der Waals surface area contributed by atoms with Crippen molar-refractivity contribution in [2.45, 2.75) is 59.0 Å². The highest BCUT2D eigenvalue weighted by molar-refractivity contribution is 5.81. The number of amides is 1. The molecule has 0 aromatic carbocycles. The molecule has 0 bridgehead atoms. The Labute approximate surface area is 109 Å². The van der Waals surface area contributed by atoms with Crippen molar-refractivity contribution in [2.75, 3.05) is 6.54 Å². The molecule has 5 heteroatoms. The van der Waals surface area contributed by atoms with Crippen LogP contribution in [-0.2, 0) is 9.59 Å². The molecule has 0 rings (SSSR count). The molecule has 18 heavy (non-hydrogen) atoms. The molecule has 3 N–H and O–H groups in total. The molecule has 1 amide bonds. The van der Waals surface area contributed by atoms with Gasteiger partial charge in [-0.1, -0.05) is 13.8 Å². The van der Waals surface area contributed by atoms with Crippen LogP contribution in [0.1, 0.15) is 47.5 Å². The lowest BCUT2D eigenvalue weighted by atomic mass is 10.0. The van der Waals surface area contributed by atoms with E-state index in [0.717, 1.165) is 12.8 Å². The van der Waals surface area contributed by atoms with Crippen LogP contribution in [0.15, 0.2) is 0 Å². The molecular weight excluding hydrogens is 232 g/mol. The molecule has 5 nitrogen and oxygen atoms in total. The molecule has 0 fully saturated rings. The van der Waals surface area contributed by atoms with Gasteiger partial charge in [0, 0.05) is 6.04 Å². The van der Waals surface area contributed by atoms with E-state index in [4.69, 9.17) is 5.11 Å². The smallest absolute Gasteiger partial charge is 0.323 e. The van der Waals surface area contributed by atoms with Crippen LogP contribution in [-0.4, -0.2) is 35.1 Å². The van der Waals surface area contributed by atoms with Crippen LogP contribution < -0.4 is 10.6 Å². The Morgan fingerprint density at radius 3 is 2.17 bits per heavy atom. The number of aliphatic carboxylic acids is 1. The van der Waals surface area contributed by atoms with Crippen LogP contribution in [0, 0.1) is 5.92 Å². The van der Waals surface area contributed by atoms with E-state index in [2.05, 4.69) is 24.5 Å². The Kier molecular flexibility index (Phi) is 6.91. The second-order valence-corrected chi connectivity index (χ2v) is 5.72. The first-order chi connectivity index (χ1) is 8.15. The van der Waals surface area contributed by atoms with E-state index in [0.29, 0.717) is 5.92 Å². The molecule has 106 valence electrons. The van der Waals surface area contributed by atoms with Crippen molar-refractivity contribution < 1.29 is 14.7 Å². The molecule has 0 aliphatic heterocycles. The molecule has 0 heterocycles. The van der Waals surface area contributed by atoms with Crippen molar-refractivity contribution in [3.8, 4) is 0 Å². The second-order valence-electron chi connectivity index (χ2n) is 5.72. The van der Waals surface area contributed by atoms with Gasteiger partial charge in [-0.3, -0.25) is 14.9 Å². The maximum atomic E-state index is 11.6. The summed E-state index contributed by atoms with van der Waals surface area (Å²) in [6.07, 6.45) is 2.00. The van der Waals surface area contributed by atoms with Crippen LogP contribution in [0.4, 0.5) is 0 Å². The normalized spacial score (nSPS) is 13.4. The summed E-state index contributed by atoms with van der Waals surface area (Å²) in [6, 6.07) is 0.120. The summed E-state index contributed by atoms with van der Waals surface area (Å²) in [5, 5.41) is 14.5. The number of nitrogens with one attached hydrogen (secondary N) is 2. The van der Waals surface area contributed by atoms with Gasteiger partial charge in [0.25, 0.3) is 0 Å². The molecular formula is C13H26N2O3. The van der Waals surface area contributed by atoms with Gasteiger partial charge >= 0.3 is 5.97 Å². The minimum absolute atomic E-state index is 0.0192. The summed E-state index contributed by atoms with van der Waals surface area (Å²) in [7, 11) is 0. The number of carbonyl (C=O) groups excluding carboxylic acids is 1. The number of carbonyl (C=O) groups is 2. The van der Waals surface area contributed by atoms with E-state index in [1.165, 1.54) is 13.8 Å². The zero-order chi connectivity index (χ0) is 14.3. The molecule has 0 aromatic rings. The van der Waals surface area contributed by atoms with Crippen LogP contribution in [0.25, 0.3) is 0 Å². The fourth-order valence-electron chi connectivity index (χ4n) is 1.36. The quantitative estimate of drug-likeness (QED) is 0.614. The van der Waals surface area contributed by atoms with E-state index >= 15 is 0 Å². The van der Waals surface area contributed by atoms with Crippen molar-refractivity contribution in [3.05, 3.63) is 0 Å². The minimum atomic E-state index is -1.08. The zero-order valence-electron chi connectivity index (χ0n) is 12.0. The lowest BCUT2D eigenvalue weighted by molar-refractivity contribution is -0.143. The van der Waals surface area contributed by atoms with Gasteiger partial charge in [0.2, 0.25) is 5.91 Å². The second kappa shape index (κ2) is 7.36. The average molecular weight is 258 g/mol. The molecule has 0 saturated heterocycles. The number of rotatable bonds is 8. The van der Waals surface area contributed by atoms with Crippen molar-refractivity contribution in [1.82, 2.24) is 10.6 Å². The Hall–Kier alpha value is -1.10. The Morgan fingerprint density at radius 2 is 1.72 bits per heavy atom. The molecule has 0 aromatic heterocycles. The van der Waals surface area contributed by atoms with Gasteiger partial charge in [0.1, 0.15) is 5.54 Å². The van der Waals surface area contributed by atoms with Gasteiger partial charge in [-0.25, -0.2) is 0 Å². The van der Waals surface area contributed by atoms with Crippen molar-refractivity contribution in [2.24, 2.45) is 5.92 Å². The van der Waals surface area contributed by atoms with Gasteiger partial charge < -0.3 is 10.4 Å². The molecule has 0 aliphatic rings. The molecule has 0 aliphatic carbocycles. The molecule has 0 saturated carbocycles. The molecule has 1 unspecified atom stereocenters. The Bertz CT molecular complexity index is 288. The van der Waals surface area contributed by atoms with Gasteiger partial charge in [-0.15, -0.1) is 0 Å². The third kappa shape index (κ3) is 7.27. The topological polar surface area (TPSA) is 78.4 Å². The number of carboxylic acid groups (broad SMARTS) is 1. The van der Waals surface area contributed by atoms with E-state index in [1.54, 1.807) is 0 Å². The highest BCUT2D eigenvalue weighted by Gasteiger charge is 2.26. The first kappa shape index (κ1) is 16.9. The van der Waals surface area contributed by atoms with Crippen molar-refractivity contribution in [1.29, 1.82) is 0 Å². The standard InChI is InChI=1S/C13H26N2O3/c1-9(2)6-7-10(3)15-11(16)8-14-13(4,5)12(17)18/h9-10,14H,6-8H2,1-5H3,(H,15,16)(H,17,18). The average Bonchev–Trinajstić information content (AvgIpc) is 2.23. The zero-order valence-corrected chi connectivity index (χ0v) is 12.0. The summed E-state index contributed by atoms with van der Waals surface area (Å²) in [5.74, 6) is -0.517. The summed E-state index contributed by atoms with van der Waals surface area (Å²) >= 11 is 0. The first-order valence-electron chi connectivity index (χ1n) is 6.43. The summed E-state index contributed by atoms with van der Waals surface area (Å²) < 4.78 is 0. The van der Waals surface area contributed by atoms with Gasteiger partial charge in [0.05, 0.1) is 6.54 Å². The third-order valence-corrected chi connectivity index (χ3v) is 2.81. The van der Waals surface area contributed by atoms with Crippen LogP contribution in [0.5, 0.6) is 0 Å². The predicted molar refractivity (Wildman–Crippen MR) is 71.4 cm³/mol. The minimum Gasteiger partial charge on any atom is -0.480 e. The first-order valence-corrected chi connectivity index (χ1v) is 6.43. The monoisotopic (exact) mass is 258 g/mol. The maximum Gasteiger partial charge on any atom is 0.323 e. The fraction of sp³-hybridized carbons (Fsp3) is 0.846. The SMILES string of the molecule is CC(C)CCC(C)NC(=O)CNC(C)(C)C(=O)O. The number of carboxylic acids is 1. The fourth-order valence-corrected chi connectivity index (χ4v) is 1.36. The molecule has 0 radical (unpaired) electrons. The van der Waals surface area contributed by atoms with E-state index in [-0.39, 0.29) is 18.5 Å². The highest BCUT2D eigenvalue weighted by atomic mass is 16.4. The maximum absolute atomic E-state index is 11.6. The van der Waals surface area contributed by atoms with Gasteiger partial charge in [-0.2, -0.15) is 0 Å². The van der Waals surface area contributed by atoms with Crippen molar-refractivity contribution in [3.63, 3.8) is 0 Å². The third-order valence-electron chi connectivity index (χ3n) is 2.81. The molecule has 0 spiro atoms. The summed E-state index contributed by atoms with van der Waals surface area (Å²) in [4.78, 5) is 22.4. The summed E-state index contributed by atoms with van der Waals surface area (Å²) in [5.41, 5.74) is -1.08. The Balaban J connectivity index is 3.94. The van der Waals surface area contributed by atoms with E-state index in [1.807, 2.05) is 6.92 Å². The predicted octanol–water partition coefficient (Wildman–Crippen LogP) is 1.38. The number of hydrogen-bond donors (Lipinski definition) is 3. The summed E-state index contributed by atoms with van der Waals surface area (Å²) in [6.45, 7) is 9.33. The van der Waals surface area contributed by atoms with Crippen LogP contribution in [0.2, 0.25) is 0 Å². The highest BCUT2D eigenvalue weighted by Crippen LogP contribution is 2.06. The Morgan fingerprint density at radius 1 is 1.17 bits per heavy atom. The molecule has 1 atom stereocenters. The van der Waals surface area contributed by atoms with Crippen LogP contribution in [0.3, 0.4) is 0 Å². The van der Waals surface area contributed by atoms with Crippen LogP contribution >= 0.6 is 0 Å². The van der Waals surface area contributed by atoms with E-state index < -0.39 is 11.5 Å². The largest absolute Gasteiger partial charge is 0.480 e. The van der Waals surface area contributed by atoms with Crippen molar-refractivity contribution >= 4 is 11.9 Å². The van der Waals surface area contributed by atoms with E-state index in [9.17, 15) is 9.59 Å². The van der Waals surface area contributed by atoms with Gasteiger partial charge in [-0.05, 0) is 39.5 Å². The van der Waals surface area contributed by atoms with Gasteiger partial charge in [0.15, 0.2) is 0 Å².